The molecule has 20 heavy (non-hydrogen) atoms. The van der Waals surface area contributed by atoms with Crippen LogP contribution in [0.3, 0.4) is 0 Å². The van der Waals surface area contributed by atoms with Crippen LogP contribution in [0.5, 0.6) is 0 Å². The van der Waals surface area contributed by atoms with Gasteiger partial charge in [-0.3, -0.25) is 4.21 Å². The second kappa shape index (κ2) is 6.46. The highest BCUT2D eigenvalue weighted by atomic mass is 35.5. The largest absolute Gasteiger partial charge is 0.327 e. The van der Waals surface area contributed by atoms with Crippen LogP contribution in [0.15, 0.2) is 18.2 Å². The van der Waals surface area contributed by atoms with Crippen LogP contribution in [0.25, 0.3) is 11.0 Å². The van der Waals surface area contributed by atoms with Crippen molar-refractivity contribution in [1.29, 1.82) is 0 Å². The van der Waals surface area contributed by atoms with E-state index in [1.165, 1.54) is 0 Å². The molecule has 2 rings (SSSR count). The molecule has 0 spiro atoms. The highest BCUT2D eigenvalue weighted by Gasteiger charge is 2.17. The number of hydrogen-bond donors (Lipinski definition) is 0. The van der Waals surface area contributed by atoms with Crippen molar-refractivity contribution in [1.82, 2.24) is 9.55 Å². The minimum Gasteiger partial charge on any atom is -0.327 e. The van der Waals surface area contributed by atoms with E-state index in [2.05, 4.69) is 9.55 Å². The Labute approximate surface area is 131 Å². The first-order chi connectivity index (χ1) is 9.41. The number of hydrogen-bond acceptors (Lipinski definition) is 2. The lowest BCUT2D eigenvalue weighted by atomic mass is 10.3. The summed E-state index contributed by atoms with van der Waals surface area (Å²) < 4.78 is 13.6. The lowest BCUT2D eigenvalue weighted by Crippen LogP contribution is -2.14. The smallest absolute Gasteiger partial charge is 0.127 e. The highest BCUT2D eigenvalue weighted by Crippen LogP contribution is 2.29. The van der Waals surface area contributed by atoms with Gasteiger partial charge in [0.15, 0.2) is 0 Å². The summed E-state index contributed by atoms with van der Waals surface area (Å²) in [4.78, 5) is 4.56. The van der Waals surface area contributed by atoms with Crippen molar-refractivity contribution in [3.63, 3.8) is 0 Å². The number of halogens is 2. The van der Waals surface area contributed by atoms with Crippen molar-refractivity contribution >= 4 is 45.0 Å². The van der Waals surface area contributed by atoms with Gasteiger partial charge in [0.25, 0.3) is 0 Å². The van der Waals surface area contributed by atoms with Crippen LogP contribution in [0.2, 0.25) is 5.02 Å². The topological polar surface area (TPSA) is 34.9 Å². The third-order valence-corrected chi connectivity index (χ3v) is 5.31. The maximum atomic E-state index is 11.5. The van der Waals surface area contributed by atoms with E-state index in [1.807, 2.05) is 32.0 Å². The van der Waals surface area contributed by atoms with Gasteiger partial charge in [0.1, 0.15) is 11.3 Å². The summed E-state index contributed by atoms with van der Waals surface area (Å²) in [7, 11) is -0.820. The van der Waals surface area contributed by atoms with Crippen LogP contribution in [0.1, 0.15) is 31.5 Å². The van der Waals surface area contributed by atoms with Crippen LogP contribution in [0.4, 0.5) is 0 Å². The molecule has 1 aromatic carbocycles. The van der Waals surface area contributed by atoms with E-state index >= 15 is 0 Å². The number of imidazole rings is 1. The average molecular weight is 333 g/mol. The second-order valence-corrected chi connectivity index (χ2v) is 7.81. The summed E-state index contributed by atoms with van der Waals surface area (Å²) in [5.41, 5.74) is 1.76. The standard InChI is InChI=1S/C14H18Cl2N2OS/c1-9(20(3)19)7-8-18-12-6-4-5-11(16)13(12)17-14(18)10(2)15/h4-6,9-10H,7-8H2,1-3H3. The maximum Gasteiger partial charge on any atom is 0.127 e. The molecule has 1 heterocycles. The van der Waals surface area contributed by atoms with Gasteiger partial charge in [-0.05, 0) is 25.5 Å². The Morgan fingerprint density at radius 1 is 1.40 bits per heavy atom. The molecule has 2 aromatic rings. The summed E-state index contributed by atoms with van der Waals surface area (Å²) in [6, 6.07) is 5.73. The van der Waals surface area contributed by atoms with E-state index in [0.29, 0.717) is 5.02 Å². The number of rotatable bonds is 5. The van der Waals surface area contributed by atoms with E-state index < -0.39 is 10.8 Å². The first-order valence-corrected chi connectivity index (χ1v) is 8.96. The molecule has 0 N–H and O–H groups in total. The van der Waals surface area contributed by atoms with E-state index in [9.17, 15) is 4.21 Å². The van der Waals surface area contributed by atoms with Crippen LogP contribution < -0.4 is 0 Å². The summed E-state index contributed by atoms with van der Waals surface area (Å²) in [5, 5.41) is 0.581. The minimum atomic E-state index is -0.820. The fraction of sp³-hybridized carbons (Fsp3) is 0.500. The summed E-state index contributed by atoms with van der Waals surface area (Å²) in [6.45, 7) is 4.63. The second-order valence-electron chi connectivity index (χ2n) is 4.94. The number of para-hydroxylation sites is 1. The van der Waals surface area contributed by atoms with Crippen molar-refractivity contribution in [2.45, 2.75) is 37.4 Å². The Bertz CT molecular complexity index is 639. The molecular weight excluding hydrogens is 315 g/mol. The zero-order valence-electron chi connectivity index (χ0n) is 11.8. The highest BCUT2D eigenvalue weighted by molar-refractivity contribution is 7.84. The predicted molar refractivity (Wildman–Crippen MR) is 87.2 cm³/mol. The third-order valence-electron chi connectivity index (χ3n) is 3.44. The van der Waals surface area contributed by atoms with Crippen LogP contribution in [0, 0.1) is 0 Å². The fourth-order valence-electron chi connectivity index (χ4n) is 2.15. The van der Waals surface area contributed by atoms with Crippen LogP contribution in [-0.4, -0.2) is 25.3 Å². The molecule has 0 amide bonds. The molecule has 110 valence electrons. The van der Waals surface area contributed by atoms with Gasteiger partial charge in [0.2, 0.25) is 0 Å². The molecule has 0 radical (unpaired) electrons. The molecule has 6 heteroatoms. The Morgan fingerprint density at radius 3 is 2.70 bits per heavy atom. The van der Waals surface area contributed by atoms with Crippen molar-refractivity contribution in [3.8, 4) is 0 Å². The number of benzene rings is 1. The molecular formula is C14H18Cl2N2OS. The van der Waals surface area contributed by atoms with Crippen LogP contribution >= 0.6 is 23.2 Å². The molecule has 0 aliphatic heterocycles. The van der Waals surface area contributed by atoms with E-state index in [4.69, 9.17) is 23.2 Å². The third kappa shape index (κ3) is 3.18. The first-order valence-electron chi connectivity index (χ1n) is 6.52. The van der Waals surface area contributed by atoms with Gasteiger partial charge in [-0.15, -0.1) is 11.6 Å². The fourth-order valence-corrected chi connectivity index (χ4v) is 2.96. The monoisotopic (exact) mass is 332 g/mol. The van der Waals surface area contributed by atoms with Crippen molar-refractivity contribution in [2.24, 2.45) is 0 Å². The average Bonchev–Trinajstić information content (AvgIpc) is 2.76. The van der Waals surface area contributed by atoms with Crippen LogP contribution in [-0.2, 0) is 17.3 Å². The van der Waals surface area contributed by atoms with Crippen molar-refractivity contribution < 1.29 is 4.21 Å². The van der Waals surface area contributed by atoms with Gasteiger partial charge in [0, 0.05) is 28.9 Å². The molecule has 0 saturated carbocycles. The molecule has 0 bridgehead atoms. The van der Waals surface area contributed by atoms with Gasteiger partial charge in [0.05, 0.1) is 15.9 Å². The summed E-state index contributed by atoms with van der Waals surface area (Å²) >= 11 is 12.4. The molecule has 3 nitrogen and oxygen atoms in total. The molecule has 3 unspecified atom stereocenters. The van der Waals surface area contributed by atoms with Crippen molar-refractivity contribution in [3.05, 3.63) is 29.0 Å². The number of aromatic nitrogens is 2. The first kappa shape index (κ1) is 15.8. The van der Waals surface area contributed by atoms with E-state index in [0.717, 1.165) is 29.8 Å². The zero-order valence-corrected chi connectivity index (χ0v) is 14.1. The number of fused-ring (bicyclic) bond motifs is 1. The molecule has 3 atom stereocenters. The number of nitrogens with zero attached hydrogens (tertiary/aromatic N) is 2. The lowest BCUT2D eigenvalue weighted by Gasteiger charge is -2.13. The molecule has 0 aliphatic rings. The summed E-state index contributed by atoms with van der Waals surface area (Å²) in [5.74, 6) is 0.809. The van der Waals surface area contributed by atoms with Crippen molar-refractivity contribution in [2.75, 3.05) is 6.26 Å². The van der Waals surface area contributed by atoms with Gasteiger partial charge >= 0.3 is 0 Å². The predicted octanol–water partition coefficient (Wildman–Crippen LogP) is 4.15. The quantitative estimate of drug-likeness (QED) is 0.771. The number of aryl methyl sites for hydroxylation is 1. The molecule has 0 saturated heterocycles. The van der Waals surface area contributed by atoms with E-state index in [-0.39, 0.29) is 10.6 Å². The lowest BCUT2D eigenvalue weighted by molar-refractivity contribution is 0.608. The molecule has 1 aromatic heterocycles. The van der Waals surface area contributed by atoms with Gasteiger partial charge in [-0.25, -0.2) is 4.98 Å². The zero-order chi connectivity index (χ0) is 14.9. The Kier molecular flexibility index (Phi) is 5.10. The minimum absolute atomic E-state index is 0.144. The van der Waals surface area contributed by atoms with E-state index in [1.54, 1.807) is 6.26 Å². The Hall–Kier alpha value is -0.580. The molecule has 0 aliphatic carbocycles. The summed E-state index contributed by atoms with van der Waals surface area (Å²) in [6.07, 6.45) is 2.55. The molecule has 0 fully saturated rings. The Morgan fingerprint density at radius 2 is 2.10 bits per heavy atom. The Balaban J connectivity index is 2.42. The number of alkyl halides is 1. The normalized spacial score (nSPS) is 16.2. The maximum absolute atomic E-state index is 11.5. The SMILES string of the molecule is CC(Cl)c1nc2c(Cl)cccc2n1CCC(C)S(C)=O. The van der Waals surface area contributed by atoms with Gasteiger partial charge in [-0.2, -0.15) is 0 Å². The van der Waals surface area contributed by atoms with Gasteiger partial charge in [-0.1, -0.05) is 24.6 Å². The van der Waals surface area contributed by atoms with Gasteiger partial charge < -0.3 is 4.57 Å².